The normalized spacial score (nSPS) is 19.7. The second-order valence-electron chi connectivity index (χ2n) is 6.49. The zero-order chi connectivity index (χ0) is 18.3. The summed E-state index contributed by atoms with van der Waals surface area (Å²) in [5, 5.41) is 0.277. The van der Waals surface area contributed by atoms with Gasteiger partial charge in [0, 0.05) is 6.54 Å². The molecule has 2 aliphatic rings. The first kappa shape index (κ1) is 16.8. The van der Waals surface area contributed by atoms with Crippen LogP contribution in [0.15, 0.2) is 48.5 Å². The van der Waals surface area contributed by atoms with E-state index in [1.807, 2.05) is 0 Å². The highest BCUT2D eigenvalue weighted by Gasteiger charge is 2.43. The quantitative estimate of drug-likeness (QED) is 0.723. The van der Waals surface area contributed by atoms with Gasteiger partial charge in [0.25, 0.3) is 17.7 Å². The molecule has 132 valence electrons. The molecule has 2 heterocycles. The van der Waals surface area contributed by atoms with Crippen molar-refractivity contribution < 1.29 is 14.4 Å². The van der Waals surface area contributed by atoms with Gasteiger partial charge in [-0.3, -0.25) is 14.4 Å². The first-order valence-corrected chi connectivity index (χ1v) is 9.00. The van der Waals surface area contributed by atoms with Gasteiger partial charge in [-0.25, -0.2) is 4.90 Å². The number of benzene rings is 2. The third-order valence-corrected chi connectivity index (χ3v) is 5.28. The van der Waals surface area contributed by atoms with Gasteiger partial charge in [-0.05, 0) is 43.5 Å². The van der Waals surface area contributed by atoms with E-state index in [4.69, 9.17) is 11.6 Å². The van der Waals surface area contributed by atoms with Crippen molar-refractivity contribution in [1.29, 1.82) is 0 Å². The Morgan fingerprint density at radius 3 is 2.54 bits per heavy atom. The summed E-state index contributed by atoms with van der Waals surface area (Å²) < 4.78 is 0. The Bertz CT molecular complexity index is 911. The van der Waals surface area contributed by atoms with Crippen molar-refractivity contribution >= 4 is 35.0 Å². The van der Waals surface area contributed by atoms with E-state index in [0.29, 0.717) is 24.2 Å². The number of amides is 3. The van der Waals surface area contributed by atoms with Gasteiger partial charge in [0.2, 0.25) is 0 Å². The van der Waals surface area contributed by atoms with E-state index in [9.17, 15) is 14.4 Å². The van der Waals surface area contributed by atoms with E-state index >= 15 is 0 Å². The molecule has 0 spiro atoms. The molecule has 26 heavy (non-hydrogen) atoms. The fourth-order valence-electron chi connectivity index (χ4n) is 3.67. The molecule has 2 aromatic carbocycles. The summed E-state index contributed by atoms with van der Waals surface area (Å²) in [5.74, 6) is -1.07. The maximum atomic E-state index is 13.3. The van der Waals surface area contributed by atoms with Crippen LogP contribution in [0.25, 0.3) is 0 Å². The van der Waals surface area contributed by atoms with E-state index < -0.39 is 11.9 Å². The minimum Gasteiger partial charge on any atom is -0.327 e. The highest BCUT2D eigenvalue weighted by atomic mass is 35.5. The molecule has 0 aromatic heterocycles. The summed E-state index contributed by atoms with van der Waals surface area (Å²) >= 11 is 6.18. The van der Waals surface area contributed by atoms with Crippen molar-refractivity contribution in [3.63, 3.8) is 0 Å². The van der Waals surface area contributed by atoms with Gasteiger partial charge in [-0.2, -0.15) is 0 Å². The lowest BCUT2D eigenvalue weighted by Crippen LogP contribution is -2.52. The second kappa shape index (κ2) is 6.57. The Kier molecular flexibility index (Phi) is 4.24. The predicted molar refractivity (Wildman–Crippen MR) is 98.4 cm³/mol. The summed E-state index contributed by atoms with van der Waals surface area (Å²) in [6.45, 7) is 0.525. The van der Waals surface area contributed by atoms with Gasteiger partial charge < -0.3 is 4.90 Å². The standard InChI is InChI=1S/C20H17ClN2O3/c21-15-9-3-1-7-13(15)19(25)23-16-10-4-2-8-14(16)18(24)22-12-6-5-11-17(22)20(23)26/h1-4,7-10,17H,5-6,11-12H2/t17-/m0/s1. The molecule has 2 aliphatic heterocycles. The van der Waals surface area contributed by atoms with Crippen LogP contribution in [-0.2, 0) is 4.79 Å². The van der Waals surface area contributed by atoms with E-state index in [1.54, 1.807) is 53.4 Å². The average molecular weight is 369 g/mol. The number of nitrogens with zero attached hydrogens (tertiary/aromatic N) is 2. The molecule has 2 aromatic rings. The lowest BCUT2D eigenvalue weighted by Gasteiger charge is -2.34. The van der Waals surface area contributed by atoms with Gasteiger partial charge in [-0.1, -0.05) is 35.9 Å². The second-order valence-corrected chi connectivity index (χ2v) is 6.89. The maximum absolute atomic E-state index is 13.3. The summed E-state index contributed by atoms with van der Waals surface area (Å²) in [6, 6.07) is 12.8. The van der Waals surface area contributed by atoms with E-state index in [0.717, 1.165) is 17.7 Å². The van der Waals surface area contributed by atoms with Crippen LogP contribution in [0.2, 0.25) is 5.02 Å². The molecule has 0 N–H and O–H groups in total. The summed E-state index contributed by atoms with van der Waals surface area (Å²) in [5.41, 5.74) is 0.932. The van der Waals surface area contributed by atoms with Crippen molar-refractivity contribution in [3.05, 3.63) is 64.7 Å². The van der Waals surface area contributed by atoms with Gasteiger partial charge in [0.1, 0.15) is 6.04 Å². The number of para-hydroxylation sites is 1. The number of fused-ring (bicyclic) bond motifs is 2. The van der Waals surface area contributed by atoms with Crippen molar-refractivity contribution in [1.82, 2.24) is 4.90 Å². The van der Waals surface area contributed by atoms with Crippen molar-refractivity contribution in [2.75, 3.05) is 11.4 Å². The van der Waals surface area contributed by atoms with Crippen LogP contribution in [0.3, 0.4) is 0 Å². The number of carbonyl (C=O) groups excluding carboxylic acids is 3. The molecule has 1 fully saturated rings. The lowest BCUT2D eigenvalue weighted by atomic mass is 10.0. The van der Waals surface area contributed by atoms with E-state index in [2.05, 4.69) is 0 Å². The Morgan fingerprint density at radius 2 is 1.73 bits per heavy atom. The van der Waals surface area contributed by atoms with E-state index in [1.165, 1.54) is 0 Å². The predicted octanol–water partition coefficient (Wildman–Crippen LogP) is 3.52. The largest absolute Gasteiger partial charge is 0.327 e. The van der Waals surface area contributed by atoms with Crippen LogP contribution >= 0.6 is 11.6 Å². The number of hydrogen-bond acceptors (Lipinski definition) is 3. The number of imide groups is 1. The molecule has 0 saturated carbocycles. The molecule has 5 nitrogen and oxygen atoms in total. The smallest absolute Gasteiger partial charge is 0.266 e. The number of anilines is 1. The van der Waals surface area contributed by atoms with Crippen LogP contribution in [-0.4, -0.2) is 35.2 Å². The number of halogens is 1. The van der Waals surface area contributed by atoms with Crippen LogP contribution in [0.4, 0.5) is 5.69 Å². The third-order valence-electron chi connectivity index (χ3n) is 4.95. The van der Waals surface area contributed by atoms with Crippen LogP contribution in [0, 0.1) is 0 Å². The van der Waals surface area contributed by atoms with Crippen LogP contribution in [0.5, 0.6) is 0 Å². The highest BCUT2D eigenvalue weighted by molar-refractivity contribution is 6.36. The molecular weight excluding hydrogens is 352 g/mol. The number of carbonyl (C=O) groups is 3. The Labute approximate surface area is 156 Å². The number of hydrogen-bond donors (Lipinski definition) is 0. The third kappa shape index (κ3) is 2.59. The van der Waals surface area contributed by atoms with Crippen LogP contribution in [0.1, 0.15) is 40.0 Å². The summed E-state index contributed by atoms with van der Waals surface area (Å²) in [7, 11) is 0. The molecule has 4 rings (SSSR count). The fourth-order valence-corrected chi connectivity index (χ4v) is 3.88. The average Bonchev–Trinajstić information content (AvgIpc) is 2.76. The number of piperidine rings is 1. The minimum atomic E-state index is -0.616. The molecule has 0 unspecified atom stereocenters. The Hall–Kier alpha value is -2.66. The summed E-state index contributed by atoms with van der Waals surface area (Å²) in [6.07, 6.45) is 2.27. The molecule has 0 aliphatic carbocycles. The van der Waals surface area contributed by atoms with E-state index in [-0.39, 0.29) is 22.4 Å². The Morgan fingerprint density at radius 1 is 1.00 bits per heavy atom. The first-order chi connectivity index (χ1) is 12.6. The molecule has 3 amide bonds. The van der Waals surface area contributed by atoms with Crippen molar-refractivity contribution in [2.45, 2.75) is 25.3 Å². The van der Waals surface area contributed by atoms with Gasteiger partial charge >= 0.3 is 0 Å². The van der Waals surface area contributed by atoms with Crippen LogP contribution < -0.4 is 4.90 Å². The highest BCUT2D eigenvalue weighted by Crippen LogP contribution is 2.33. The minimum absolute atomic E-state index is 0.201. The first-order valence-electron chi connectivity index (χ1n) is 8.62. The van der Waals surface area contributed by atoms with Crippen molar-refractivity contribution in [3.8, 4) is 0 Å². The Balaban J connectivity index is 1.88. The molecule has 0 bridgehead atoms. The van der Waals surface area contributed by atoms with Gasteiger partial charge in [-0.15, -0.1) is 0 Å². The molecule has 1 atom stereocenters. The zero-order valence-electron chi connectivity index (χ0n) is 14.0. The van der Waals surface area contributed by atoms with Gasteiger partial charge in [0.15, 0.2) is 0 Å². The fraction of sp³-hybridized carbons (Fsp3) is 0.250. The molecule has 6 heteroatoms. The molecule has 1 saturated heterocycles. The zero-order valence-corrected chi connectivity index (χ0v) is 14.8. The topological polar surface area (TPSA) is 57.7 Å². The summed E-state index contributed by atoms with van der Waals surface area (Å²) in [4.78, 5) is 42.2. The number of rotatable bonds is 1. The van der Waals surface area contributed by atoms with Crippen molar-refractivity contribution in [2.24, 2.45) is 0 Å². The lowest BCUT2D eigenvalue weighted by molar-refractivity contribution is -0.123. The maximum Gasteiger partial charge on any atom is 0.266 e. The SMILES string of the molecule is O=C(c1ccccc1Cl)N1C(=O)[C@@H]2CCCCN2C(=O)c2ccccc21. The monoisotopic (exact) mass is 368 g/mol. The molecule has 0 radical (unpaired) electrons. The molecular formula is C20H17ClN2O3. The van der Waals surface area contributed by atoms with Gasteiger partial charge in [0.05, 0.1) is 21.8 Å².